The van der Waals surface area contributed by atoms with Crippen molar-refractivity contribution in [3.05, 3.63) is 61.4 Å². The van der Waals surface area contributed by atoms with Crippen molar-refractivity contribution in [3.8, 4) is 5.75 Å². The number of unbranched alkanes of at least 4 members (excludes halogenated alkanes) is 5. The van der Waals surface area contributed by atoms with Crippen molar-refractivity contribution >= 4 is 62.0 Å². The van der Waals surface area contributed by atoms with E-state index in [0.717, 1.165) is 19.4 Å². The first-order valence-electron chi connectivity index (χ1n) is 10.1. The maximum atomic E-state index is 12.2. The van der Waals surface area contributed by atoms with E-state index in [9.17, 15) is 9.90 Å². The van der Waals surface area contributed by atoms with E-state index >= 15 is 0 Å². The highest BCUT2D eigenvalue weighted by Gasteiger charge is 2.11. The molecule has 3 aromatic rings. The molecule has 154 valence electrons. The standard InChI is InChI=1S/C23H26I2N2O2/c24-19-15-18(16-20(25)22(19)28)23(29)26-12-7-3-1-2-4-8-13-27-14-11-17-9-5-6-10-21(17)27/h5-6,9-11,14-16,28H,1-4,7-8,12-13H2,(H,26,29). The number of hydrogen-bond donors (Lipinski definition) is 2. The molecule has 0 aliphatic carbocycles. The number of carbonyl (C=O) groups is 1. The minimum atomic E-state index is -0.0696. The van der Waals surface area contributed by atoms with E-state index < -0.39 is 0 Å². The zero-order chi connectivity index (χ0) is 20.6. The molecule has 0 radical (unpaired) electrons. The predicted molar refractivity (Wildman–Crippen MR) is 136 cm³/mol. The molecule has 0 fully saturated rings. The van der Waals surface area contributed by atoms with Gasteiger partial charge in [-0.3, -0.25) is 4.79 Å². The van der Waals surface area contributed by atoms with Gasteiger partial charge in [-0.25, -0.2) is 0 Å². The minimum Gasteiger partial charge on any atom is -0.506 e. The third-order valence-corrected chi connectivity index (χ3v) is 6.72. The van der Waals surface area contributed by atoms with Crippen LogP contribution in [-0.4, -0.2) is 22.1 Å². The van der Waals surface area contributed by atoms with E-state index in [-0.39, 0.29) is 11.7 Å². The van der Waals surface area contributed by atoms with E-state index in [1.165, 1.54) is 36.6 Å². The Bertz CT molecular complexity index is 945. The van der Waals surface area contributed by atoms with Crippen molar-refractivity contribution in [2.75, 3.05) is 6.54 Å². The van der Waals surface area contributed by atoms with Crippen molar-refractivity contribution in [2.45, 2.75) is 45.1 Å². The molecule has 0 atom stereocenters. The lowest BCUT2D eigenvalue weighted by Gasteiger charge is -2.08. The topological polar surface area (TPSA) is 54.3 Å². The van der Waals surface area contributed by atoms with Crippen LogP contribution in [0.1, 0.15) is 48.9 Å². The molecule has 0 aliphatic heterocycles. The molecule has 2 aromatic carbocycles. The highest BCUT2D eigenvalue weighted by atomic mass is 127. The number of rotatable bonds is 10. The van der Waals surface area contributed by atoms with Crippen LogP contribution in [-0.2, 0) is 6.54 Å². The molecule has 6 heteroatoms. The Hall–Kier alpha value is -1.29. The molecule has 1 amide bonds. The molecule has 0 saturated heterocycles. The minimum absolute atomic E-state index is 0.0696. The lowest BCUT2D eigenvalue weighted by molar-refractivity contribution is 0.0952. The first-order chi connectivity index (χ1) is 14.1. The third-order valence-electron chi connectivity index (χ3n) is 5.07. The second-order valence-electron chi connectivity index (χ2n) is 7.23. The Kier molecular flexibility index (Phi) is 8.65. The van der Waals surface area contributed by atoms with Gasteiger partial charge in [0.25, 0.3) is 5.91 Å². The van der Waals surface area contributed by atoms with Crippen LogP contribution in [0.5, 0.6) is 5.75 Å². The van der Waals surface area contributed by atoms with E-state index in [2.05, 4.69) is 46.4 Å². The highest BCUT2D eigenvalue weighted by Crippen LogP contribution is 2.27. The number of nitrogens with one attached hydrogen (secondary N) is 1. The molecule has 0 spiro atoms. The molecule has 0 saturated carbocycles. The number of phenols is 1. The summed E-state index contributed by atoms with van der Waals surface area (Å²) in [4.78, 5) is 12.2. The van der Waals surface area contributed by atoms with Gasteiger partial charge in [-0.15, -0.1) is 0 Å². The monoisotopic (exact) mass is 616 g/mol. The van der Waals surface area contributed by atoms with E-state index in [1.807, 2.05) is 45.2 Å². The van der Waals surface area contributed by atoms with Crippen LogP contribution >= 0.6 is 45.2 Å². The average molecular weight is 616 g/mol. The smallest absolute Gasteiger partial charge is 0.251 e. The molecular formula is C23H26I2N2O2. The summed E-state index contributed by atoms with van der Waals surface area (Å²) >= 11 is 4.09. The number of benzene rings is 2. The maximum absolute atomic E-state index is 12.2. The number of aromatic hydroxyl groups is 1. The Labute approximate surface area is 199 Å². The SMILES string of the molecule is O=C(NCCCCCCCCn1ccc2ccccc21)c1cc(I)c(O)c(I)c1. The fourth-order valence-electron chi connectivity index (χ4n) is 3.45. The van der Waals surface area contributed by atoms with Gasteiger partial charge < -0.3 is 15.0 Å². The fourth-order valence-corrected chi connectivity index (χ4v) is 5.22. The fraction of sp³-hybridized carbons (Fsp3) is 0.348. The van der Waals surface area contributed by atoms with Crippen molar-refractivity contribution in [2.24, 2.45) is 0 Å². The zero-order valence-corrected chi connectivity index (χ0v) is 20.6. The molecule has 1 heterocycles. The van der Waals surface area contributed by atoms with E-state index in [4.69, 9.17) is 0 Å². The van der Waals surface area contributed by atoms with Gasteiger partial charge in [0.2, 0.25) is 0 Å². The number of phenolic OH excluding ortho intramolecular Hbond substituents is 1. The highest BCUT2D eigenvalue weighted by molar-refractivity contribution is 14.1. The molecule has 0 unspecified atom stereocenters. The van der Waals surface area contributed by atoms with Crippen LogP contribution in [0.4, 0.5) is 0 Å². The normalized spacial score (nSPS) is 11.1. The summed E-state index contributed by atoms with van der Waals surface area (Å²) in [7, 11) is 0. The summed E-state index contributed by atoms with van der Waals surface area (Å²) in [5.74, 6) is 0.174. The van der Waals surface area contributed by atoms with Gasteiger partial charge in [-0.05, 0) is 87.7 Å². The average Bonchev–Trinajstić information content (AvgIpc) is 3.13. The van der Waals surface area contributed by atoms with Crippen LogP contribution in [0.3, 0.4) is 0 Å². The third kappa shape index (κ3) is 6.34. The van der Waals surface area contributed by atoms with Crippen LogP contribution in [0.25, 0.3) is 10.9 Å². The predicted octanol–water partition coefficient (Wildman–Crippen LogP) is 6.33. The number of hydrogen-bond acceptors (Lipinski definition) is 2. The number of fused-ring (bicyclic) bond motifs is 1. The quantitative estimate of drug-likeness (QED) is 0.207. The second kappa shape index (κ2) is 11.2. The van der Waals surface area contributed by atoms with Crippen molar-refractivity contribution in [1.29, 1.82) is 0 Å². The van der Waals surface area contributed by atoms with Gasteiger partial charge in [0.15, 0.2) is 0 Å². The van der Waals surface area contributed by atoms with Gasteiger partial charge in [0, 0.05) is 30.4 Å². The lowest BCUT2D eigenvalue weighted by atomic mass is 10.1. The summed E-state index contributed by atoms with van der Waals surface area (Å²) in [6.07, 6.45) is 9.21. The van der Waals surface area contributed by atoms with Crippen LogP contribution < -0.4 is 5.32 Å². The molecule has 29 heavy (non-hydrogen) atoms. The van der Waals surface area contributed by atoms with Gasteiger partial charge in [-0.2, -0.15) is 0 Å². The summed E-state index contributed by atoms with van der Waals surface area (Å²) in [6, 6.07) is 14.2. The number of halogens is 2. The van der Waals surface area contributed by atoms with Crippen LogP contribution in [0.15, 0.2) is 48.7 Å². The van der Waals surface area contributed by atoms with Gasteiger partial charge in [-0.1, -0.05) is 43.9 Å². The Balaban J connectivity index is 1.26. The van der Waals surface area contributed by atoms with Crippen molar-refractivity contribution in [1.82, 2.24) is 9.88 Å². The summed E-state index contributed by atoms with van der Waals surface area (Å²) in [6.45, 7) is 1.77. The number of aromatic nitrogens is 1. The molecular weight excluding hydrogens is 590 g/mol. The largest absolute Gasteiger partial charge is 0.506 e. The summed E-state index contributed by atoms with van der Waals surface area (Å²) < 4.78 is 3.75. The number of para-hydroxylation sites is 1. The number of aryl methyl sites for hydroxylation is 1. The zero-order valence-electron chi connectivity index (χ0n) is 16.3. The Morgan fingerprint density at radius 1 is 0.931 bits per heavy atom. The van der Waals surface area contributed by atoms with Crippen LogP contribution in [0.2, 0.25) is 0 Å². The molecule has 1 aromatic heterocycles. The summed E-state index contributed by atoms with van der Waals surface area (Å²) in [5.41, 5.74) is 1.93. The van der Waals surface area contributed by atoms with E-state index in [1.54, 1.807) is 12.1 Å². The first kappa shape index (κ1) is 22.4. The lowest BCUT2D eigenvalue weighted by Crippen LogP contribution is -2.24. The number of carbonyl (C=O) groups excluding carboxylic acids is 1. The number of amides is 1. The molecule has 3 rings (SSSR count). The van der Waals surface area contributed by atoms with Gasteiger partial charge in [0.05, 0.1) is 7.14 Å². The number of nitrogens with zero attached hydrogens (tertiary/aromatic N) is 1. The molecule has 4 nitrogen and oxygen atoms in total. The van der Waals surface area contributed by atoms with Crippen LogP contribution in [0, 0.1) is 7.14 Å². The summed E-state index contributed by atoms with van der Waals surface area (Å²) in [5, 5.41) is 14.1. The Morgan fingerprint density at radius 2 is 1.59 bits per heavy atom. The van der Waals surface area contributed by atoms with Gasteiger partial charge in [0.1, 0.15) is 5.75 Å². The Morgan fingerprint density at radius 3 is 2.34 bits per heavy atom. The van der Waals surface area contributed by atoms with Gasteiger partial charge >= 0.3 is 0 Å². The van der Waals surface area contributed by atoms with E-state index in [0.29, 0.717) is 19.2 Å². The molecule has 0 bridgehead atoms. The molecule has 2 N–H and O–H groups in total. The second-order valence-corrected chi connectivity index (χ2v) is 9.56. The molecule has 0 aliphatic rings. The maximum Gasteiger partial charge on any atom is 0.251 e. The van der Waals surface area contributed by atoms with Crippen molar-refractivity contribution in [3.63, 3.8) is 0 Å². The first-order valence-corrected chi connectivity index (χ1v) is 12.2. The van der Waals surface area contributed by atoms with Crippen molar-refractivity contribution < 1.29 is 9.90 Å².